The maximum atomic E-state index is 12.2. The highest BCUT2D eigenvalue weighted by molar-refractivity contribution is 5.91. The second-order valence-corrected chi connectivity index (χ2v) is 5.96. The molecule has 5 heteroatoms. The number of hydrogen-bond donors (Lipinski definition) is 2. The molecule has 1 amide bonds. The molecule has 21 heavy (non-hydrogen) atoms. The quantitative estimate of drug-likeness (QED) is 0.754. The Morgan fingerprint density at radius 1 is 1.52 bits per heavy atom. The van der Waals surface area contributed by atoms with Gasteiger partial charge in [-0.1, -0.05) is 6.92 Å². The Hall–Kier alpha value is -1.07. The molecule has 0 saturated heterocycles. The van der Waals surface area contributed by atoms with E-state index in [1.807, 2.05) is 13.0 Å². The van der Waals surface area contributed by atoms with Crippen LogP contribution in [-0.4, -0.2) is 36.6 Å². The zero-order valence-corrected chi connectivity index (χ0v) is 13.0. The molecule has 120 valence electrons. The Kier molecular flexibility index (Phi) is 6.06. The number of aliphatic hydroxyl groups is 1. The Bertz CT molecular complexity index is 378. The van der Waals surface area contributed by atoms with Crippen LogP contribution in [-0.2, 0) is 14.3 Å². The van der Waals surface area contributed by atoms with Gasteiger partial charge in [0.1, 0.15) is 0 Å². The summed E-state index contributed by atoms with van der Waals surface area (Å²) in [6.45, 7) is 4.71. The monoisotopic (exact) mass is 297 g/mol. The van der Waals surface area contributed by atoms with E-state index in [1.165, 1.54) is 6.42 Å². The smallest absolute Gasteiger partial charge is 0.286 e. The van der Waals surface area contributed by atoms with Gasteiger partial charge in [0.15, 0.2) is 5.76 Å². The van der Waals surface area contributed by atoms with E-state index in [9.17, 15) is 4.79 Å². The largest absolute Gasteiger partial charge is 0.459 e. The van der Waals surface area contributed by atoms with Crippen LogP contribution in [0.1, 0.15) is 46.0 Å². The average molecular weight is 297 g/mol. The van der Waals surface area contributed by atoms with Crippen molar-refractivity contribution >= 4 is 5.91 Å². The van der Waals surface area contributed by atoms with Gasteiger partial charge in [-0.15, -0.1) is 0 Å². The number of aliphatic hydroxyl groups excluding tert-OH is 1. The molecule has 1 aliphatic heterocycles. The van der Waals surface area contributed by atoms with Gasteiger partial charge in [0.05, 0.1) is 0 Å². The van der Waals surface area contributed by atoms with Crippen molar-refractivity contribution in [2.75, 3.05) is 13.2 Å². The number of carbonyl (C=O) groups is 1. The standard InChI is InChI=1S/C16H27NO4/c1-3-20-16-13(8-5-9-18)11(2)10-14(21-16)15(19)17-12-6-4-7-12/h10-13,16,18H,3-9H2,1-2H3,(H,17,19)/t11-,13+,16+/m1/s1. The van der Waals surface area contributed by atoms with Crippen LogP contribution in [0.3, 0.4) is 0 Å². The fourth-order valence-electron chi connectivity index (χ4n) is 2.85. The third kappa shape index (κ3) is 4.20. The number of allylic oxidation sites excluding steroid dienone is 1. The van der Waals surface area contributed by atoms with Crippen molar-refractivity contribution in [3.8, 4) is 0 Å². The molecular weight excluding hydrogens is 270 g/mol. The zero-order valence-electron chi connectivity index (χ0n) is 13.0. The predicted octanol–water partition coefficient (Wildman–Crippen LogP) is 1.96. The molecule has 1 aliphatic carbocycles. The number of ether oxygens (including phenoxy) is 2. The molecule has 5 nitrogen and oxygen atoms in total. The summed E-state index contributed by atoms with van der Waals surface area (Å²) in [4.78, 5) is 12.2. The molecule has 1 fully saturated rings. The summed E-state index contributed by atoms with van der Waals surface area (Å²) in [5.41, 5.74) is 0. The molecule has 2 N–H and O–H groups in total. The number of carbonyl (C=O) groups excluding carboxylic acids is 1. The third-order valence-corrected chi connectivity index (χ3v) is 4.37. The van der Waals surface area contributed by atoms with Gasteiger partial charge in [-0.25, -0.2) is 0 Å². The molecule has 0 radical (unpaired) electrons. The summed E-state index contributed by atoms with van der Waals surface area (Å²) in [6, 6.07) is 0.301. The van der Waals surface area contributed by atoms with E-state index in [0.717, 1.165) is 25.7 Å². The minimum atomic E-state index is -0.399. The summed E-state index contributed by atoms with van der Waals surface area (Å²) in [5, 5.41) is 12.0. The van der Waals surface area contributed by atoms with Crippen LogP contribution in [0, 0.1) is 11.8 Å². The molecule has 0 spiro atoms. The Labute approximate surface area is 126 Å². The predicted molar refractivity (Wildman–Crippen MR) is 79.3 cm³/mol. The van der Waals surface area contributed by atoms with E-state index >= 15 is 0 Å². The maximum Gasteiger partial charge on any atom is 0.286 e. The minimum absolute atomic E-state index is 0.128. The first-order chi connectivity index (χ1) is 10.2. The zero-order chi connectivity index (χ0) is 15.2. The molecule has 1 saturated carbocycles. The Morgan fingerprint density at radius 3 is 2.86 bits per heavy atom. The minimum Gasteiger partial charge on any atom is -0.459 e. The summed E-state index contributed by atoms with van der Waals surface area (Å²) in [5.74, 6) is 0.631. The van der Waals surface area contributed by atoms with Crippen molar-refractivity contribution in [2.24, 2.45) is 11.8 Å². The van der Waals surface area contributed by atoms with Gasteiger partial charge in [-0.2, -0.15) is 0 Å². The molecule has 3 atom stereocenters. The Balaban J connectivity index is 2.00. The van der Waals surface area contributed by atoms with Gasteiger partial charge in [-0.05, 0) is 51.0 Å². The van der Waals surface area contributed by atoms with E-state index in [4.69, 9.17) is 14.6 Å². The van der Waals surface area contributed by atoms with Gasteiger partial charge in [0.2, 0.25) is 6.29 Å². The highest BCUT2D eigenvalue weighted by atomic mass is 16.7. The lowest BCUT2D eigenvalue weighted by Gasteiger charge is -2.36. The lowest BCUT2D eigenvalue weighted by Crippen LogP contribution is -2.43. The SMILES string of the molecule is CCO[C@H]1OC(C(=O)NC2CCC2)=C[C@@H](C)[C@@H]1CCCO. The van der Waals surface area contributed by atoms with Crippen molar-refractivity contribution < 1.29 is 19.4 Å². The van der Waals surface area contributed by atoms with Gasteiger partial charge >= 0.3 is 0 Å². The molecule has 0 aromatic heterocycles. The molecule has 1 heterocycles. The number of rotatable bonds is 7. The van der Waals surface area contributed by atoms with E-state index in [2.05, 4.69) is 12.2 Å². The van der Waals surface area contributed by atoms with Crippen LogP contribution < -0.4 is 5.32 Å². The number of amides is 1. The summed E-state index contributed by atoms with van der Waals surface area (Å²) in [7, 11) is 0. The average Bonchev–Trinajstić information content (AvgIpc) is 2.42. The van der Waals surface area contributed by atoms with E-state index in [1.54, 1.807) is 0 Å². The van der Waals surface area contributed by atoms with Gasteiger partial charge in [0, 0.05) is 25.2 Å². The lowest BCUT2D eigenvalue weighted by atomic mass is 9.86. The van der Waals surface area contributed by atoms with Gasteiger partial charge < -0.3 is 19.9 Å². The van der Waals surface area contributed by atoms with Crippen molar-refractivity contribution in [3.05, 3.63) is 11.8 Å². The summed E-state index contributed by atoms with van der Waals surface area (Å²) in [6.07, 6.45) is 6.35. The van der Waals surface area contributed by atoms with E-state index in [0.29, 0.717) is 18.4 Å². The van der Waals surface area contributed by atoms with Crippen molar-refractivity contribution in [1.82, 2.24) is 5.32 Å². The highest BCUT2D eigenvalue weighted by Gasteiger charge is 2.35. The van der Waals surface area contributed by atoms with Crippen LogP contribution in [0.2, 0.25) is 0 Å². The number of hydrogen-bond acceptors (Lipinski definition) is 4. The molecule has 0 aromatic rings. The van der Waals surface area contributed by atoms with Crippen molar-refractivity contribution in [3.63, 3.8) is 0 Å². The van der Waals surface area contributed by atoms with Crippen LogP contribution in [0.4, 0.5) is 0 Å². The first-order valence-corrected chi connectivity index (χ1v) is 8.07. The number of nitrogens with one attached hydrogen (secondary N) is 1. The second-order valence-electron chi connectivity index (χ2n) is 5.96. The topological polar surface area (TPSA) is 67.8 Å². The Morgan fingerprint density at radius 2 is 2.29 bits per heavy atom. The highest BCUT2D eigenvalue weighted by Crippen LogP contribution is 2.32. The molecule has 0 aromatic carbocycles. The van der Waals surface area contributed by atoms with Gasteiger partial charge in [-0.3, -0.25) is 4.79 Å². The molecule has 0 unspecified atom stereocenters. The van der Waals surface area contributed by atoms with Crippen LogP contribution >= 0.6 is 0 Å². The van der Waals surface area contributed by atoms with Crippen molar-refractivity contribution in [2.45, 2.75) is 58.3 Å². The van der Waals surface area contributed by atoms with Crippen LogP contribution in [0.25, 0.3) is 0 Å². The summed E-state index contributed by atoms with van der Waals surface area (Å²) >= 11 is 0. The van der Waals surface area contributed by atoms with E-state index in [-0.39, 0.29) is 24.3 Å². The first-order valence-electron chi connectivity index (χ1n) is 8.07. The maximum absolute atomic E-state index is 12.2. The lowest BCUT2D eigenvalue weighted by molar-refractivity contribution is -0.171. The fourth-order valence-corrected chi connectivity index (χ4v) is 2.85. The second kappa shape index (κ2) is 7.80. The molecule has 2 rings (SSSR count). The fraction of sp³-hybridized carbons (Fsp3) is 0.812. The molecule has 0 bridgehead atoms. The molecule has 2 aliphatic rings. The van der Waals surface area contributed by atoms with Crippen LogP contribution in [0.15, 0.2) is 11.8 Å². The van der Waals surface area contributed by atoms with Crippen molar-refractivity contribution in [1.29, 1.82) is 0 Å². The first kappa shape index (κ1) is 16.3. The summed E-state index contributed by atoms with van der Waals surface area (Å²) < 4.78 is 11.4. The molecular formula is C16H27NO4. The van der Waals surface area contributed by atoms with Crippen LogP contribution in [0.5, 0.6) is 0 Å². The normalized spacial score (nSPS) is 29.3. The van der Waals surface area contributed by atoms with Gasteiger partial charge in [0.25, 0.3) is 5.91 Å². The van der Waals surface area contributed by atoms with E-state index < -0.39 is 6.29 Å². The third-order valence-electron chi connectivity index (χ3n) is 4.37.